The maximum absolute atomic E-state index is 12.9. The third-order valence-corrected chi connectivity index (χ3v) is 5.22. The van der Waals surface area contributed by atoms with Gasteiger partial charge in [0.1, 0.15) is 0 Å². The van der Waals surface area contributed by atoms with Crippen LogP contribution in [0, 0.1) is 5.92 Å². The predicted molar refractivity (Wildman–Crippen MR) is 106 cm³/mol. The van der Waals surface area contributed by atoms with Crippen molar-refractivity contribution in [2.45, 2.75) is 13.0 Å². The van der Waals surface area contributed by atoms with E-state index in [2.05, 4.69) is 15.2 Å². The van der Waals surface area contributed by atoms with Crippen LogP contribution in [0.3, 0.4) is 0 Å². The standard InChI is InChI=1S/C21H24N4O3/c26-20-13-17(15-25(20)14-16-5-7-22-8-6-16)21(27)23-18-3-1-2-4-19(18)24-9-11-28-12-10-24/h1-8,17H,9-15H2,(H,23,27). The molecule has 2 aromatic rings. The van der Waals surface area contributed by atoms with Gasteiger partial charge in [-0.05, 0) is 29.8 Å². The molecular formula is C21H24N4O3. The summed E-state index contributed by atoms with van der Waals surface area (Å²) in [5, 5.41) is 3.04. The number of amides is 2. The van der Waals surface area contributed by atoms with Gasteiger partial charge in [0.15, 0.2) is 0 Å². The van der Waals surface area contributed by atoms with Crippen molar-refractivity contribution >= 4 is 23.2 Å². The zero-order chi connectivity index (χ0) is 19.3. The third kappa shape index (κ3) is 4.14. The van der Waals surface area contributed by atoms with Crippen molar-refractivity contribution in [3.63, 3.8) is 0 Å². The molecule has 0 saturated carbocycles. The van der Waals surface area contributed by atoms with Crippen molar-refractivity contribution in [3.05, 3.63) is 54.4 Å². The van der Waals surface area contributed by atoms with E-state index in [4.69, 9.17) is 4.74 Å². The smallest absolute Gasteiger partial charge is 0.229 e. The van der Waals surface area contributed by atoms with Crippen LogP contribution in [0.5, 0.6) is 0 Å². The minimum atomic E-state index is -0.341. The summed E-state index contributed by atoms with van der Waals surface area (Å²) in [6, 6.07) is 11.6. The van der Waals surface area contributed by atoms with Gasteiger partial charge in [-0.3, -0.25) is 14.6 Å². The largest absolute Gasteiger partial charge is 0.378 e. The number of nitrogens with zero attached hydrogens (tertiary/aromatic N) is 3. The van der Waals surface area contributed by atoms with Crippen molar-refractivity contribution in [3.8, 4) is 0 Å². The predicted octanol–water partition coefficient (Wildman–Crippen LogP) is 1.91. The topological polar surface area (TPSA) is 74.8 Å². The van der Waals surface area contributed by atoms with Crippen LogP contribution < -0.4 is 10.2 Å². The Hall–Kier alpha value is -2.93. The van der Waals surface area contributed by atoms with Crippen LogP contribution in [0.25, 0.3) is 0 Å². The fourth-order valence-corrected chi connectivity index (χ4v) is 3.70. The van der Waals surface area contributed by atoms with E-state index in [0.717, 1.165) is 30.0 Å². The van der Waals surface area contributed by atoms with E-state index in [1.54, 1.807) is 17.3 Å². The van der Waals surface area contributed by atoms with Crippen LogP contribution in [0.2, 0.25) is 0 Å². The lowest BCUT2D eigenvalue weighted by molar-refractivity contribution is -0.128. The third-order valence-electron chi connectivity index (χ3n) is 5.22. The summed E-state index contributed by atoms with van der Waals surface area (Å²) in [5.74, 6) is -0.434. The van der Waals surface area contributed by atoms with Gasteiger partial charge in [0.25, 0.3) is 0 Å². The minimum absolute atomic E-state index is 0.0124. The molecule has 7 heteroatoms. The first-order valence-corrected chi connectivity index (χ1v) is 9.60. The Morgan fingerprint density at radius 3 is 2.68 bits per heavy atom. The summed E-state index contributed by atoms with van der Waals surface area (Å²) < 4.78 is 5.42. The Morgan fingerprint density at radius 2 is 1.89 bits per heavy atom. The van der Waals surface area contributed by atoms with E-state index in [-0.39, 0.29) is 24.2 Å². The molecular weight excluding hydrogens is 356 g/mol. The molecule has 0 aliphatic carbocycles. The van der Waals surface area contributed by atoms with Gasteiger partial charge in [0.05, 0.1) is 30.5 Å². The maximum Gasteiger partial charge on any atom is 0.229 e. The normalized spacial score (nSPS) is 19.7. The first-order chi connectivity index (χ1) is 13.7. The Labute approximate surface area is 164 Å². The van der Waals surface area contributed by atoms with Gasteiger partial charge in [-0.1, -0.05) is 12.1 Å². The number of ether oxygens (including phenoxy) is 1. The average molecular weight is 380 g/mol. The highest BCUT2D eigenvalue weighted by Gasteiger charge is 2.34. The molecule has 28 heavy (non-hydrogen) atoms. The molecule has 4 rings (SSSR count). The summed E-state index contributed by atoms with van der Waals surface area (Å²) in [6.07, 6.45) is 3.67. The first-order valence-electron chi connectivity index (χ1n) is 9.60. The van der Waals surface area contributed by atoms with Crippen LogP contribution >= 0.6 is 0 Å². The number of morpholine rings is 1. The Bertz CT molecular complexity index is 837. The number of likely N-dealkylation sites (tertiary alicyclic amines) is 1. The molecule has 7 nitrogen and oxygen atoms in total. The molecule has 0 radical (unpaired) electrons. The highest BCUT2D eigenvalue weighted by molar-refractivity contribution is 5.99. The Balaban J connectivity index is 1.41. The number of hydrogen-bond acceptors (Lipinski definition) is 5. The van der Waals surface area contributed by atoms with Crippen molar-refractivity contribution in [1.29, 1.82) is 0 Å². The van der Waals surface area contributed by atoms with Crippen LogP contribution in [0.4, 0.5) is 11.4 Å². The second-order valence-corrected chi connectivity index (χ2v) is 7.14. The summed E-state index contributed by atoms with van der Waals surface area (Å²) in [5.41, 5.74) is 2.80. The molecule has 0 bridgehead atoms. The number of hydrogen-bond donors (Lipinski definition) is 1. The Kier molecular flexibility index (Phi) is 5.53. The van der Waals surface area contributed by atoms with Gasteiger partial charge in [-0.2, -0.15) is 0 Å². The molecule has 2 aliphatic rings. The maximum atomic E-state index is 12.9. The molecule has 2 amide bonds. The summed E-state index contributed by atoms with van der Waals surface area (Å²) in [4.78, 5) is 33.2. The number of anilines is 2. The number of rotatable bonds is 5. The zero-order valence-corrected chi connectivity index (χ0v) is 15.7. The van der Waals surface area contributed by atoms with E-state index < -0.39 is 0 Å². The molecule has 1 atom stereocenters. The minimum Gasteiger partial charge on any atom is -0.378 e. The number of carbonyl (C=O) groups is 2. The van der Waals surface area contributed by atoms with Gasteiger partial charge >= 0.3 is 0 Å². The zero-order valence-electron chi connectivity index (χ0n) is 15.7. The van der Waals surface area contributed by atoms with Crippen molar-refractivity contribution in [2.75, 3.05) is 43.1 Å². The molecule has 2 fully saturated rings. The first kappa shape index (κ1) is 18.4. The number of pyridine rings is 1. The fraction of sp³-hybridized carbons (Fsp3) is 0.381. The SMILES string of the molecule is O=C(Nc1ccccc1N1CCOCC1)C1CC(=O)N(Cc2ccncc2)C1. The quantitative estimate of drug-likeness (QED) is 0.858. The van der Waals surface area contributed by atoms with Crippen molar-refractivity contribution in [1.82, 2.24) is 9.88 Å². The van der Waals surface area contributed by atoms with E-state index in [1.807, 2.05) is 36.4 Å². The fourth-order valence-electron chi connectivity index (χ4n) is 3.70. The van der Waals surface area contributed by atoms with Crippen LogP contribution in [0.1, 0.15) is 12.0 Å². The molecule has 1 N–H and O–H groups in total. The lowest BCUT2D eigenvalue weighted by atomic mass is 10.1. The monoisotopic (exact) mass is 380 g/mol. The highest BCUT2D eigenvalue weighted by Crippen LogP contribution is 2.28. The number of benzene rings is 1. The summed E-state index contributed by atoms with van der Waals surface area (Å²) in [7, 11) is 0. The molecule has 2 aliphatic heterocycles. The molecule has 0 spiro atoms. The van der Waals surface area contributed by atoms with Crippen LogP contribution in [-0.4, -0.2) is 54.5 Å². The molecule has 1 aromatic carbocycles. The van der Waals surface area contributed by atoms with Crippen molar-refractivity contribution in [2.24, 2.45) is 5.92 Å². The lowest BCUT2D eigenvalue weighted by Crippen LogP contribution is -2.37. The number of carbonyl (C=O) groups excluding carboxylic acids is 2. The molecule has 1 aromatic heterocycles. The molecule has 146 valence electrons. The summed E-state index contributed by atoms with van der Waals surface area (Å²) >= 11 is 0. The van der Waals surface area contributed by atoms with Gasteiger partial charge < -0.3 is 19.9 Å². The van der Waals surface area contributed by atoms with Gasteiger partial charge in [0, 0.05) is 45.0 Å². The van der Waals surface area contributed by atoms with E-state index >= 15 is 0 Å². The lowest BCUT2D eigenvalue weighted by Gasteiger charge is -2.30. The molecule has 3 heterocycles. The Morgan fingerprint density at radius 1 is 1.14 bits per heavy atom. The van der Waals surface area contributed by atoms with Gasteiger partial charge in [-0.25, -0.2) is 0 Å². The van der Waals surface area contributed by atoms with E-state index in [0.29, 0.717) is 26.3 Å². The summed E-state index contributed by atoms with van der Waals surface area (Å²) in [6.45, 7) is 3.91. The number of aromatic nitrogens is 1. The van der Waals surface area contributed by atoms with Crippen LogP contribution in [0.15, 0.2) is 48.8 Å². The second kappa shape index (κ2) is 8.39. The second-order valence-electron chi connectivity index (χ2n) is 7.14. The van der Waals surface area contributed by atoms with E-state index in [1.165, 1.54) is 0 Å². The number of para-hydroxylation sites is 2. The van der Waals surface area contributed by atoms with Gasteiger partial charge in [0.2, 0.25) is 11.8 Å². The highest BCUT2D eigenvalue weighted by atomic mass is 16.5. The van der Waals surface area contributed by atoms with Crippen LogP contribution in [-0.2, 0) is 20.9 Å². The van der Waals surface area contributed by atoms with Gasteiger partial charge in [-0.15, -0.1) is 0 Å². The molecule has 1 unspecified atom stereocenters. The van der Waals surface area contributed by atoms with Crippen molar-refractivity contribution < 1.29 is 14.3 Å². The molecule has 2 saturated heterocycles. The van der Waals surface area contributed by atoms with E-state index in [9.17, 15) is 9.59 Å². The number of nitrogens with one attached hydrogen (secondary N) is 1. The average Bonchev–Trinajstić information content (AvgIpc) is 3.10.